The lowest BCUT2D eigenvalue weighted by molar-refractivity contribution is -0.146. The Labute approximate surface area is 129 Å². The van der Waals surface area contributed by atoms with Gasteiger partial charge in [0.1, 0.15) is 11.9 Å². The van der Waals surface area contributed by atoms with Gasteiger partial charge in [-0.1, -0.05) is 30.3 Å². The maximum absolute atomic E-state index is 11.9. The molecule has 0 saturated heterocycles. The number of carbonyl (C=O) groups is 3. The Morgan fingerprint density at radius 3 is 2.27 bits per heavy atom. The van der Waals surface area contributed by atoms with Crippen molar-refractivity contribution >= 4 is 18.3 Å². The second-order valence-electron chi connectivity index (χ2n) is 6.05. The molecule has 1 rings (SSSR count). The summed E-state index contributed by atoms with van der Waals surface area (Å²) in [6.07, 6.45) is -0.751. The first-order chi connectivity index (χ1) is 10.2. The zero-order chi connectivity index (χ0) is 16.8. The summed E-state index contributed by atoms with van der Waals surface area (Å²) in [7, 11) is 0. The van der Waals surface area contributed by atoms with Gasteiger partial charge in [-0.15, -0.1) is 0 Å². The Morgan fingerprint density at radius 1 is 1.23 bits per heavy atom. The second kappa shape index (κ2) is 7.06. The number of rotatable bonds is 6. The van der Waals surface area contributed by atoms with E-state index in [2.05, 4.69) is 5.32 Å². The van der Waals surface area contributed by atoms with Gasteiger partial charge in [-0.25, -0.2) is 9.59 Å². The van der Waals surface area contributed by atoms with Crippen molar-refractivity contribution in [2.24, 2.45) is 0 Å². The average Bonchev–Trinajstić information content (AvgIpc) is 2.37. The topological polar surface area (TPSA) is 92.7 Å². The number of carboxylic acid groups (broad SMARTS) is 1. The fourth-order valence-electron chi connectivity index (χ4n) is 1.97. The minimum absolute atomic E-state index is 0.0127. The summed E-state index contributed by atoms with van der Waals surface area (Å²) < 4.78 is 5.10. The Morgan fingerprint density at radius 2 is 1.82 bits per heavy atom. The van der Waals surface area contributed by atoms with Crippen molar-refractivity contribution in [1.29, 1.82) is 0 Å². The molecule has 1 amide bonds. The number of aldehydes is 1. The van der Waals surface area contributed by atoms with Gasteiger partial charge < -0.3 is 20.0 Å². The van der Waals surface area contributed by atoms with E-state index in [9.17, 15) is 19.5 Å². The molecule has 0 aliphatic heterocycles. The van der Waals surface area contributed by atoms with Gasteiger partial charge in [0.25, 0.3) is 0 Å². The number of carboxylic acids is 1. The Kier molecular flexibility index (Phi) is 5.68. The molecule has 0 bridgehead atoms. The fourth-order valence-corrected chi connectivity index (χ4v) is 1.97. The Hall–Kier alpha value is -2.37. The van der Waals surface area contributed by atoms with E-state index in [-0.39, 0.29) is 12.8 Å². The van der Waals surface area contributed by atoms with E-state index in [1.807, 2.05) is 0 Å². The monoisotopic (exact) mass is 307 g/mol. The molecule has 0 fully saturated rings. The summed E-state index contributed by atoms with van der Waals surface area (Å²) in [5.41, 5.74) is -1.80. The van der Waals surface area contributed by atoms with Gasteiger partial charge in [-0.05, 0) is 26.3 Å². The van der Waals surface area contributed by atoms with Gasteiger partial charge >= 0.3 is 12.1 Å². The van der Waals surface area contributed by atoms with E-state index in [4.69, 9.17) is 4.74 Å². The zero-order valence-corrected chi connectivity index (χ0v) is 13.0. The van der Waals surface area contributed by atoms with Crippen molar-refractivity contribution < 1.29 is 24.2 Å². The van der Waals surface area contributed by atoms with Crippen LogP contribution in [0.25, 0.3) is 0 Å². The highest BCUT2D eigenvalue weighted by Gasteiger charge is 2.41. The summed E-state index contributed by atoms with van der Waals surface area (Å²) >= 11 is 0. The van der Waals surface area contributed by atoms with Crippen LogP contribution in [0.4, 0.5) is 4.79 Å². The van der Waals surface area contributed by atoms with Crippen LogP contribution in [-0.4, -0.2) is 34.6 Å². The van der Waals surface area contributed by atoms with Crippen molar-refractivity contribution in [2.45, 2.75) is 44.8 Å². The third kappa shape index (κ3) is 5.20. The number of benzene rings is 1. The first kappa shape index (κ1) is 17.7. The molecule has 6 heteroatoms. The predicted octanol–water partition coefficient (Wildman–Crippen LogP) is 2.17. The van der Waals surface area contributed by atoms with Crippen LogP contribution in [-0.2, 0) is 20.7 Å². The third-order valence-corrected chi connectivity index (χ3v) is 2.93. The van der Waals surface area contributed by atoms with Crippen LogP contribution in [0.15, 0.2) is 30.3 Å². The molecule has 0 heterocycles. The quantitative estimate of drug-likeness (QED) is 0.786. The van der Waals surface area contributed by atoms with Gasteiger partial charge in [0, 0.05) is 12.8 Å². The molecular formula is C16H21NO5. The average molecular weight is 307 g/mol. The standard InChI is InChI=1S/C16H21NO5/c1-15(2,3)22-14(21)17-16(9-10-18,13(19)20)11-12-7-5-4-6-8-12/h4-8,10H,9,11H2,1-3H3,(H,17,21)(H,19,20). The van der Waals surface area contributed by atoms with Crippen LogP contribution in [0.1, 0.15) is 32.8 Å². The van der Waals surface area contributed by atoms with E-state index in [0.717, 1.165) is 0 Å². The largest absolute Gasteiger partial charge is 0.479 e. The van der Waals surface area contributed by atoms with E-state index < -0.39 is 23.2 Å². The number of aliphatic carboxylic acids is 1. The molecule has 0 saturated carbocycles. The molecule has 0 aromatic heterocycles. The number of amides is 1. The molecule has 2 N–H and O–H groups in total. The van der Waals surface area contributed by atoms with Gasteiger partial charge in [-0.2, -0.15) is 0 Å². The van der Waals surface area contributed by atoms with Gasteiger partial charge in [0.2, 0.25) is 0 Å². The van der Waals surface area contributed by atoms with Gasteiger partial charge in [0.05, 0.1) is 0 Å². The van der Waals surface area contributed by atoms with Crippen molar-refractivity contribution in [3.63, 3.8) is 0 Å². The summed E-state index contributed by atoms with van der Waals surface area (Å²) in [6.45, 7) is 5.02. The van der Waals surface area contributed by atoms with Crippen molar-refractivity contribution in [3.05, 3.63) is 35.9 Å². The smallest absolute Gasteiger partial charge is 0.408 e. The molecule has 1 atom stereocenters. The van der Waals surface area contributed by atoms with Crippen molar-refractivity contribution in [1.82, 2.24) is 5.32 Å². The zero-order valence-electron chi connectivity index (χ0n) is 13.0. The van der Waals surface area contributed by atoms with Crippen LogP contribution in [0.2, 0.25) is 0 Å². The molecule has 1 aromatic rings. The SMILES string of the molecule is CC(C)(C)OC(=O)NC(CC=O)(Cc1ccccc1)C(=O)O. The normalized spacial score (nSPS) is 13.8. The molecule has 1 aromatic carbocycles. The van der Waals surface area contributed by atoms with Crippen LogP contribution in [0.5, 0.6) is 0 Å². The minimum Gasteiger partial charge on any atom is -0.479 e. The third-order valence-electron chi connectivity index (χ3n) is 2.93. The van der Waals surface area contributed by atoms with E-state index in [1.54, 1.807) is 51.1 Å². The Balaban J connectivity index is 3.03. The van der Waals surface area contributed by atoms with E-state index >= 15 is 0 Å². The highest BCUT2D eigenvalue weighted by atomic mass is 16.6. The van der Waals surface area contributed by atoms with Crippen LogP contribution >= 0.6 is 0 Å². The number of ether oxygens (including phenoxy) is 1. The maximum Gasteiger partial charge on any atom is 0.408 e. The molecule has 22 heavy (non-hydrogen) atoms. The summed E-state index contributed by atoms with van der Waals surface area (Å²) in [5.74, 6) is -1.28. The second-order valence-corrected chi connectivity index (χ2v) is 6.05. The molecule has 120 valence electrons. The van der Waals surface area contributed by atoms with E-state index in [0.29, 0.717) is 11.8 Å². The number of hydrogen-bond donors (Lipinski definition) is 2. The molecule has 0 aliphatic carbocycles. The Bertz CT molecular complexity index is 535. The minimum atomic E-state index is -1.73. The van der Waals surface area contributed by atoms with Gasteiger partial charge in [-0.3, -0.25) is 0 Å². The summed E-state index contributed by atoms with van der Waals surface area (Å²) in [5, 5.41) is 11.9. The molecule has 0 radical (unpaired) electrons. The molecule has 1 unspecified atom stereocenters. The molecule has 0 spiro atoms. The molecular weight excluding hydrogens is 286 g/mol. The summed E-state index contributed by atoms with van der Waals surface area (Å²) in [4.78, 5) is 34.5. The van der Waals surface area contributed by atoms with Crippen LogP contribution < -0.4 is 5.32 Å². The van der Waals surface area contributed by atoms with Crippen molar-refractivity contribution in [3.8, 4) is 0 Å². The first-order valence-corrected chi connectivity index (χ1v) is 6.91. The maximum atomic E-state index is 11.9. The lowest BCUT2D eigenvalue weighted by Crippen LogP contribution is -2.57. The number of carbonyl (C=O) groups excluding carboxylic acids is 2. The lowest BCUT2D eigenvalue weighted by Gasteiger charge is -2.30. The fraction of sp³-hybridized carbons (Fsp3) is 0.438. The van der Waals surface area contributed by atoms with Gasteiger partial charge in [0.15, 0.2) is 5.54 Å². The van der Waals surface area contributed by atoms with E-state index in [1.165, 1.54) is 0 Å². The van der Waals surface area contributed by atoms with Crippen LogP contribution in [0, 0.1) is 0 Å². The van der Waals surface area contributed by atoms with Crippen LogP contribution in [0.3, 0.4) is 0 Å². The van der Waals surface area contributed by atoms with Crippen molar-refractivity contribution in [2.75, 3.05) is 0 Å². The molecule has 6 nitrogen and oxygen atoms in total. The first-order valence-electron chi connectivity index (χ1n) is 6.91. The lowest BCUT2D eigenvalue weighted by atomic mass is 9.88. The number of nitrogens with one attached hydrogen (secondary N) is 1. The summed E-state index contributed by atoms with van der Waals surface area (Å²) in [6, 6.07) is 8.79. The highest BCUT2D eigenvalue weighted by molar-refractivity contribution is 5.87. The predicted molar refractivity (Wildman–Crippen MR) is 80.6 cm³/mol. The number of alkyl carbamates (subject to hydrolysis) is 1. The molecule has 0 aliphatic rings. The number of hydrogen-bond acceptors (Lipinski definition) is 4. The highest BCUT2D eigenvalue weighted by Crippen LogP contribution is 2.19.